The molecule has 0 saturated carbocycles. The molecule has 2 rings (SSSR count). The Labute approximate surface area is 128 Å². The van der Waals surface area contributed by atoms with E-state index in [0.29, 0.717) is 11.3 Å². The van der Waals surface area contributed by atoms with E-state index >= 15 is 0 Å². The number of nitrogens with one attached hydrogen (secondary N) is 1. The zero-order valence-electron chi connectivity index (χ0n) is 10.9. The summed E-state index contributed by atoms with van der Waals surface area (Å²) in [6, 6.07) is 13.0. The van der Waals surface area contributed by atoms with Crippen molar-refractivity contribution in [1.82, 2.24) is 0 Å². The van der Waals surface area contributed by atoms with Crippen LogP contribution < -0.4 is 10.5 Å². The lowest BCUT2D eigenvalue weighted by atomic mass is 10.2. The summed E-state index contributed by atoms with van der Waals surface area (Å²) in [5.41, 5.74) is 7.15. The number of nitrogen functional groups attached to an aromatic ring is 1. The molecule has 2 aromatic carbocycles. The monoisotopic (exact) mass is 321 g/mol. The predicted octanol–water partition coefficient (Wildman–Crippen LogP) is 2.74. The van der Waals surface area contributed by atoms with Gasteiger partial charge in [-0.15, -0.1) is 0 Å². The number of sulfonamides is 1. The largest absolute Gasteiger partial charge is 0.398 e. The van der Waals surface area contributed by atoms with E-state index in [9.17, 15) is 8.42 Å². The fourth-order valence-corrected chi connectivity index (χ4v) is 3.15. The van der Waals surface area contributed by atoms with Crippen LogP contribution in [0.15, 0.2) is 42.5 Å². The summed E-state index contributed by atoms with van der Waals surface area (Å²) in [6.07, 6.45) is 0. The highest BCUT2D eigenvalue weighted by atomic mass is 35.5. The molecule has 0 aliphatic carbocycles. The number of hydrogen-bond donors (Lipinski definition) is 2. The van der Waals surface area contributed by atoms with Crippen molar-refractivity contribution < 1.29 is 8.42 Å². The Kier molecular flexibility index (Phi) is 4.36. The van der Waals surface area contributed by atoms with Gasteiger partial charge in [0.15, 0.2) is 0 Å². The van der Waals surface area contributed by atoms with Crippen LogP contribution in [0.5, 0.6) is 0 Å². The molecule has 0 atom stereocenters. The van der Waals surface area contributed by atoms with Crippen LogP contribution in [-0.4, -0.2) is 8.42 Å². The van der Waals surface area contributed by atoms with Crippen LogP contribution >= 0.6 is 11.6 Å². The van der Waals surface area contributed by atoms with E-state index in [0.717, 1.165) is 0 Å². The summed E-state index contributed by atoms with van der Waals surface area (Å²) in [6.45, 7) is 0. The number of halogens is 1. The van der Waals surface area contributed by atoms with Gasteiger partial charge in [-0.1, -0.05) is 29.8 Å². The van der Waals surface area contributed by atoms with Crippen LogP contribution in [0.4, 0.5) is 11.4 Å². The molecular formula is C14H12ClN3O2S. The van der Waals surface area contributed by atoms with Gasteiger partial charge in [0.05, 0.1) is 16.3 Å². The van der Waals surface area contributed by atoms with Gasteiger partial charge < -0.3 is 5.73 Å². The van der Waals surface area contributed by atoms with Gasteiger partial charge in [0.2, 0.25) is 10.0 Å². The quantitative estimate of drug-likeness (QED) is 0.846. The van der Waals surface area contributed by atoms with Crippen LogP contribution in [0.3, 0.4) is 0 Å². The third-order valence-electron chi connectivity index (χ3n) is 2.76. The Morgan fingerprint density at radius 1 is 1.24 bits per heavy atom. The van der Waals surface area contributed by atoms with Gasteiger partial charge in [-0.2, -0.15) is 5.26 Å². The van der Waals surface area contributed by atoms with Crippen LogP contribution in [0.2, 0.25) is 5.02 Å². The molecule has 0 spiro atoms. The Balaban J connectivity index is 2.22. The molecule has 0 saturated heterocycles. The topological polar surface area (TPSA) is 96.0 Å². The minimum absolute atomic E-state index is 0.205. The van der Waals surface area contributed by atoms with Crippen molar-refractivity contribution in [2.75, 3.05) is 10.5 Å². The van der Waals surface area contributed by atoms with Gasteiger partial charge in [-0.3, -0.25) is 4.72 Å². The number of nitrogens with zero attached hydrogens (tertiary/aromatic N) is 1. The Hall–Kier alpha value is -2.23. The summed E-state index contributed by atoms with van der Waals surface area (Å²) < 4.78 is 26.6. The highest BCUT2D eigenvalue weighted by molar-refractivity contribution is 7.91. The van der Waals surface area contributed by atoms with E-state index in [2.05, 4.69) is 4.72 Å². The average Bonchev–Trinajstić information content (AvgIpc) is 2.43. The molecule has 5 nitrogen and oxygen atoms in total. The Bertz CT molecular complexity index is 813. The predicted molar refractivity (Wildman–Crippen MR) is 83.3 cm³/mol. The lowest BCUT2D eigenvalue weighted by molar-refractivity contribution is 0.600. The fourth-order valence-electron chi connectivity index (χ4n) is 1.76. The number of anilines is 2. The van der Waals surface area contributed by atoms with Crippen molar-refractivity contribution >= 4 is 33.0 Å². The van der Waals surface area contributed by atoms with Crippen LogP contribution in [-0.2, 0) is 15.8 Å². The normalized spacial score (nSPS) is 10.9. The lowest BCUT2D eigenvalue weighted by Gasteiger charge is -2.10. The highest BCUT2D eigenvalue weighted by Gasteiger charge is 2.14. The zero-order valence-corrected chi connectivity index (χ0v) is 12.4. The summed E-state index contributed by atoms with van der Waals surface area (Å²) in [5, 5.41) is 9.16. The number of benzene rings is 2. The summed E-state index contributed by atoms with van der Waals surface area (Å²) in [5.74, 6) is -0.246. The van der Waals surface area contributed by atoms with Crippen molar-refractivity contribution in [3.63, 3.8) is 0 Å². The first kappa shape index (κ1) is 15.2. The molecule has 0 heterocycles. The molecule has 3 N–H and O–H groups in total. The molecule has 108 valence electrons. The van der Waals surface area contributed by atoms with E-state index < -0.39 is 10.0 Å². The van der Waals surface area contributed by atoms with E-state index in [1.54, 1.807) is 24.3 Å². The van der Waals surface area contributed by atoms with Gasteiger partial charge in [0.25, 0.3) is 0 Å². The van der Waals surface area contributed by atoms with Gasteiger partial charge in [0, 0.05) is 11.4 Å². The molecule has 0 aliphatic rings. The molecule has 0 aromatic heterocycles. The Morgan fingerprint density at radius 2 is 1.95 bits per heavy atom. The SMILES string of the molecule is N#Cc1cc(NS(=O)(=O)Cc2ccccc2N)ccc1Cl. The molecule has 0 aliphatic heterocycles. The maximum atomic E-state index is 12.1. The zero-order chi connectivity index (χ0) is 15.5. The third kappa shape index (κ3) is 3.88. The fraction of sp³-hybridized carbons (Fsp3) is 0.0714. The average molecular weight is 322 g/mol. The molecule has 21 heavy (non-hydrogen) atoms. The second-order valence-electron chi connectivity index (χ2n) is 4.37. The summed E-state index contributed by atoms with van der Waals surface area (Å²) >= 11 is 5.80. The maximum Gasteiger partial charge on any atom is 0.236 e. The molecule has 2 aromatic rings. The van der Waals surface area contributed by atoms with Crippen molar-refractivity contribution in [2.45, 2.75) is 5.75 Å². The number of para-hydroxylation sites is 1. The second-order valence-corrected chi connectivity index (χ2v) is 6.50. The van der Waals surface area contributed by atoms with E-state index in [1.165, 1.54) is 18.2 Å². The molecule has 0 unspecified atom stereocenters. The summed E-state index contributed by atoms with van der Waals surface area (Å²) in [4.78, 5) is 0. The standard InChI is InChI=1S/C14H12ClN3O2S/c15-13-6-5-12(7-11(13)8-16)18-21(19,20)9-10-3-1-2-4-14(10)17/h1-7,18H,9,17H2. The first-order valence-corrected chi connectivity index (χ1v) is 7.98. The van der Waals surface area contributed by atoms with Crippen LogP contribution in [0, 0.1) is 11.3 Å². The van der Waals surface area contributed by atoms with Crippen LogP contribution in [0.1, 0.15) is 11.1 Å². The van der Waals surface area contributed by atoms with E-state index in [4.69, 9.17) is 22.6 Å². The van der Waals surface area contributed by atoms with E-state index in [1.807, 2.05) is 6.07 Å². The van der Waals surface area contributed by atoms with Gasteiger partial charge in [-0.25, -0.2) is 8.42 Å². The second kappa shape index (κ2) is 6.04. The molecular weight excluding hydrogens is 310 g/mol. The van der Waals surface area contributed by atoms with Crippen molar-refractivity contribution in [3.05, 3.63) is 58.6 Å². The highest BCUT2D eigenvalue weighted by Crippen LogP contribution is 2.22. The number of nitrogens with two attached hydrogens (primary N) is 1. The van der Waals surface area contributed by atoms with Gasteiger partial charge in [0.1, 0.15) is 6.07 Å². The first-order chi connectivity index (χ1) is 9.91. The van der Waals surface area contributed by atoms with Gasteiger partial charge >= 0.3 is 0 Å². The smallest absolute Gasteiger partial charge is 0.236 e. The molecule has 0 amide bonds. The lowest BCUT2D eigenvalue weighted by Crippen LogP contribution is -2.16. The van der Waals surface area contributed by atoms with Crippen molar-refractivity contribution in [3.8, 4) is 6.07 Å². The Morgan fingerprint density at radius 3 is 2.62 bits per heavy atom. The number of hydrogen-bond acceptors (Lipinski definition) is 4. The minimum Gasteiger partial charge on any atom is -0.398 e. The molecule has 0 bridgehead atoms. The summed E-state index contributed by atoms with van der Waals surface area (Å²) in [7, 11) is -3.63. The first-order valence-electron chi connectivity index (χ1n) is 5.95. The number of nitriles is 1. The maximum absolute atomic E-state index is 12.1. The third-order valence-corrected chi connectivity index (χ3v) is 4.33. The van der Waals surface area contributed by atoms with Crippen LogP contribution in [0.25, 0.3) is 0 Å². The van der Waals surface area contributed by atoms with Crippen molar-refractivity contribution in [2.24, 2.45) is 0 Å². The van der Waals surface area contributed by atoms with Crippen molar-refractivity contribution in [1.29, 1.82) is 5.26 Å². The van der Waals surface area contributed by atoms with E-state index in [-0.39, 0.29) is 22.0 Å². The van der Waals surface area contributed by atoms with Gasteiger partial charge in [-0.05, 0) is 29.8 Å². The minimum atomic E-state index is -3.63. The molecule has 0 radical (unpaired) electrons. The molecule has 7 heteroatoms. The molecule has 0 fully saturated rings. The number of rotatable bonds is 4.